The van der Waals surface area contributed by atoms with Gasteiger partial charge in [-0.2, -0.15) is 12.4 Å². The van der Waals surface area contributed by atoms with Gasteiger partial charge in [0.05, 0.1) is 12.2 Å². The molecule has 3 fully saturated rings. The molecule has 5 heterocycles. The molecule has 6 rings (SSSR count). The van der Waals surface area contributed by atoms with Gasteiger partial charge in [0.1, 0.15) is 11.1 Å². The zero-order valence-electron chi connectivity index (χ0n) is 23.7. The Labute approximate surface area is 242 Å². The molecule has 1 aliphatic carbocycles. The topological polar surface area (TPSA) is 55.9 Å². The Hall–Kier alpha value is -1.85. The van der Waals surface area contributed by atoms with Gasteiger partial charge in [-0.1, -0.05) is 52.0 Å². The average molecular weight is 557 g/mol. The molecule has 0 spiro atoms. The van der Waals surface area contributed by atoms with Crippen LogP contribution in [0, 0.1) is 6.08 Å². The average Bonchev–Trinajstić information content (AvgIpc) is 3.79. The third-order valence-electron chi connectivity index (χ3n) is 7.01. The largest absolute Gasteiger partial charge is 0.667 e. The molecular formula is C32H45N2O3V-. The maximum atomic E-state index is 4.94. The first-order chi connectivity index (χ1) is 17.9. The third kappa shape index (κ3) is 10.0. The van der Waals surface area contributed by atoms with Crippen molar-refractivity contribution in [2.24, 2.45) is 0 Å². The molecule has 0 atom stereocenters. The van der Waals surface area contributed by atoms with Crippen molar-refractivity contribution in [1.29, 1.82) is 0 Å². The van der Waals surface area contributed by atoms with Gasteiger partial charge in [-0.15, -0.1) is 11.4 Å². The number of ether oxygens (including phenoxy) is 3. The first-order valence-corrected chi connectivity index (χ1v) is 13.9. The quantitative estimate of drug-likeness (QED) is 0.404. The van der Waals surface area contributed by atoms with Crippen molar-refractivity contribution in [2.45, 2.75) is 77.0 Å². The predicted octanol–water partition coefficient (Wildman–Crippen LogP) is 6.47. The second kappa shape index (κ2) is 17.0. The summed E-state index contributed by atoms with van der Waals surface area (Å²) in [6, 6.07) is 8.12. The Morgan fingerprint density at radius 1 is 0.658 bits per heavy atom. The fraction of sp³-hybridized carbons (Fsp3) is 0.562. The molecule has 38 heavy (non-hydrogen) atoms. The van der Waals surface area contributed by atoms with Crippen LogP contribution in [0.3, 0.4) is 0 Å². The molecule has 2 aromatic rings. The molecule has 207 valence electrons. The second-order valence-electron chi connectivity index (χ2n) is 10.7. The Morgan fingerprint density at radius 2 is 1.08 bits per heavy atom. The van der Waals surface area contributed by atoms with E-state index in [1.54, 1.807) is 0 Å². The van der Waals surface area contributed by atoms with E-state index in [2.05, 4.69) is 74.1 Å². The number of hydrogen-bond acceptors (Lipinski definition) is 3. The van der Waals surface area contributed by atoms with E-state index >= 15 is 0 Å². The van der Waals surface area contributed by atoms with Crippen LogP contribution < -0.4 is 9.97 Å². The summed E-state index contributed by atoms with van der Waals surface area (Å²) in [4.78, 5) is 8.95. The van der Waals surface area contributed by atoms with Gasteiger partial charge in [-0.3, -0.25) is 0 Å². The molecule has 3 aliphatic heterocycles. The van der Waals surface area contributed by atoms with Crippen LogP contribution in [-0.4, -0.2) is 39.6 Å². The molecule has 0 N–H and O–H groups in total. The first-order valence-electron chi connectivity index (χ1n) is 13.9. The Morgan fingerprint density at radius 3 is 1.42 bits per heavy atom. The molecule has 3 saturated heterocycles. The zero-order chi connectivity index (χ0) is 26.4. The van der Waals surface area contributed by atoms with Crippen molar-refractivity contribution < 1.29 is 32.8 Å². The number of allylic oxidation sites excluding steroid dienone is 6. The van der Waals surface area contributed by atoms with E-state index < -0.39 is 0 Å². The van der Waals surface area contributed by atoms with E-state index in [0.29, 0.717) is 0 Å². The monoisotopic (exact) mass is 556 g/mol. The zero-order valence-corrected chi connectivity index (χ0v) is 25.1. The van der Waals surface area contributed by atoms with Gasteiger partial charge in [-0.05, 0) is 38.5 Å². The SMILES string of the molecule is C1CCOC1.C1CCOC1.C1CCOC1.CC(C)(C1=[C+]C(C(C)(C)c2ccc[n-]2)=CC=C1)c1ccc[n-]1.[V]. The Balaban J connectivity index is 0.000000254. The van der Waals surface area contributed by atoms with E-state index in [4.69, 9.17) is 14.2 Å². The molecule has 4 aliphatic rings. The van der Waals surface area contributed by atoms with E-state index in [1.807, 2.05) is 24.5 Å². The van der Waals surface area contributed by atoms with Gasteiger partial charge in [0, 0.05) is 81.2 Å². The summed E-state index contributed by atoms with van der Waals surface area (Å²) in [6.45, 7) is 14.8. The van der Waals surface area contributed by atoms with E-state index in [1.165, 1.54) is 38.5 Å². The maximum Gasteiger partial charge on any atom is 0.124 e. The summed E-state index contributed by atoms with van der Waals surface area (Å²) in [5.74, 6) is 0. The Bertz CT molecular complexity index is 867. The predicted molar refractivity (Wildman–Crippen MR) is 150 cm³/mol. The normalized spacial score (nSPS) is 18.3. The third-order valence-corrected chi connectivity index (χ3v) is 7.01. The second-order valence-corrected chi connectivity index (χ2v) is 10.7. The van der Waals surface area contributed by atoms with Crippen LogP contribution in [-0.2, 0) is 43.6 Å². The molecule has 2 aromatic heterocycles. The van der Waals surface area contributed by atoms with Crippen LogP contribution in [0.4, 0.5) is 0 Å². The van der Waals surface area contributed by atoms with Crippen LogP contribution in [0.1, 0.15) is 77.6 Å². The molecular weight excluding hydrogens is 511 g/mol. The van der Waals surface area contributed by atoms with Gasteiger partial charge in [0.15, 0.2) is 0 Å². The molecule has 0 bridgehead atoms. The summed E-state index contributed by atoms with van der Waals surface area (Å²) in [5.41, 5.74) is 4.14. The van der Waals surface area contributed by atoms with Gasteiger partial charge in [0.2, 0.25) is 0 Å². The van der Waals surface area contributed by atoms with Crippen molar-refractivity contribution >= 4 is 0 Å². The summed E-state index contributed by atoms with van der Waals surface area (Å²) in [6.07, 6.45) is 21.4. The van der Waals surface area contributed by atoms with Gasteiger partial charge in [0.25, 0.3) is 0 Å². The van der Waals surface area contributed by atoms with Crippen LogP contribution in [0.5, 0.6) is 0 Å². The number of nitrogens with zero attached hydrogens (tertiary/aromatic N) is 2. The molecule has 0 aromatic carbocycles. The first kappa shape index (κ1) is 32.4. The number of aromatic nitrogens is 2. The van der Waals surface area contributed by atoms with Crippen molar-refractivity contribution in [3.8, 4) is 0 Å². The van der Waals surface area contributed by atoms with Crippen molar-refractivity contribution in [3.63, 3.8) is 0 Å². The van der Waals surface area contributed by atoms with Gasteiger partial charge < -0.3 is 24.2 Å². The van der Waals surface area contributed by atoms with Crippen LogP contribution in [0.25, 0.3) is 0 Å². The fourth-order valence-electron chi connectivity index (χ4n) is 4.35. The smallest absolute Gasteiger partial charge is 0.124 e. The Kier molecular flexibility index (Phi) is 14.5. The van der Waals surface area contributed by atoms with Crippen molar-refractivity contribution in [1.82, 2.24) is 9.97 Å². The van der Waals surface area contributed by atoms with Crippen molar-refractivity contribution in [2.75, 3.05) is 39.6 Å². The molecule has 0 saturated carbocycles. The summed E-state index contributed by atoms with van der Waals surface area (Å²) < 4.78 is 14.8. The fourth-order valence-corrected chi connectivity index (χ4v) is 4.35. The van der Waals surface area contributed by atoms with Crippen LogP contribution in [0.15, 0.2) is 66.0 Å². The summed E-state index contributed by atoms with van der Waals surface area (Å²) in [7, 11) is 0. The molecule has 5 nitrogen and oxygen atoms in total. The van der Waals surface area contributed by atoms with Gasteiger partial charge in [-0.25, -0.2) is 0 Å². The standard InChI is InChI=1S/C20H21N2.3C4H8O.V/c1-19(2,17-10-6-12-21-17)15-8-5-9-16(14-15)20(3,4)18-11-7-13-22-18;3*1-2-4-5-3-1;/h5-13H,1-4H3;3*1-4H2;/q-1;;;;. The minimum atomic E-state index is -0.158. The number of rotatable bonds is 4. The van der Waals surface area contributed by atoms with E-state index in [-0.39, 0.29) is 29.4 Å². The van der Waals surface area contributed by atoms with Crippen LogP contribution >= 0.6 is 0 Å². The summed E-state index contributed by atoms with van der Waals surface area (Å²) in [5, 5.41) is 0. The minimum Gasteiger partial charge on any atom is -0.667 e. The molecule has 6 heteroatoms. The van der Waals surface area contributed by atoms with Crippen molar-refractivity contribution in [3.05, 3.63) is 83.5 Å². The van der Waals surface area contributed by atoms with E-state index in [0.717, 1.165) is 62.2 Å². The summed E-state index contributed by atoms with van der Waals surface area (Å²) >= 11 is 0. The number of hydrogen-bond donors (Lipinski definition) is 0. The maximum absolute atomic E-state index is 4.94. The molecule has 0 unspecified atom stereocenters. The van der Waals surface area contributed by atoms with Crippen LogP contribution in [0.2, 0.25) is 0 Å². The molecule has 1 radical (unpaired) electrons. The van der Waals surface area contributed by atoms with Gasteiger partial charge >= 0.3 is 0 Å². The minimum absolute atomic E-state index is 0. The van der Waals surface area contributed by atoms with E-state index in [9.17, 15) is 0 Å². The molecule has 0 amide bonds.